The Kier molecular flexibility index (Phi) is 3.61. The molecule has 5 nitrogen and oxygen atoms in total. The molecule has 1 aromatic carbocycles. The average molecular weight is 218 g/mol. The molecule has 1 aromatic heterocycles. The fourth-order valence-corrected chi connectivity index (χ4v) is 1.40. The maximum atomic E-state index is 5.29. The summed E-state index contributed by atoms with van der Waals surface area (Å²) in [5.41, 5.74) is 1.17. The van der Waals surface area contributed by atoms with Gasteiger partial charge in [0.1, 0.15) is 6.61 Å². The molecule has 0 N–H and O–H groups in total. The number of benzene rings is 1. The molecule has 0 unspecified atom stereocenters. The van der Waals surface area contributed by atoms with E-state index in [2.05, 4.69) is 15.5 Å². The molecule has 2 aromatic rings. The van der Waals surface area contributed by atoms with E-state index in [1.54, 1.807) is 4.68 Å². The molecule has 0 aliphatic heterocycles. The van der Waals surface area contributed by atoms with Crippen molar-refractivity contribution in [3.8, 4) is 0 Å². The minimum Gasteiger partial charge on any atom is -0.374 e. The molecule has 0 amide bonds. The van der Waals surface area contributed by atoms with Crippen molar-refractivity contribution in [3.63, 3.8) is 0 Å². The van der Waals surface area contributed by atoms with Gasteiger partial charge in [0, 0.05) is 6.61 Å². The van der Waals surface area contributed by atoms with E-state index in [0.717, 1.165) is 5.82 Å². The Balaban J connectivity index is 2.07. The number of hydrogen-bond donors (Lipinski definition) is 0. The first-order valence-electron chi connectivity index (χ1n) is 5.27. The van der Waals surface area contributed by atoms with Crippen LogP contribution in [0.5, 0.6) is 0 Å². The minimum atomic E-state index is 0.455. The molecule has 84 valence electrons. The van der Waals surface area contributed by atoms with E-state index < -0.39 is 0 Å². The van der Waals surface area contributed by atoms with Crippen LogP contribution in [0.3, 0.4) is 0 Å². The Morgan fingerprint density at radius 2 is 2.06 bits per heavy atom. The Bertz CT molecular complexity index is 427. The molecule has 2 rings (SSSR count). The zero-order chi connectivity index (χ0) is 11.2. The van der Waals surface area contributed by atoms with Gasteiger partial charge in [-0.2, -0.15) is 0 Å². The predicted octanol–water partition coefficient (Wildman–Crippen LogP) is 1.26. The fourth-order valence-electron chi connectivity index (χ4n) is 1.40. The number of aromatic nitrogens is 4. The zero-order valence-corrected chi connectivity index (χ0v) is 9.21. The van der Waals surface area contributed by atoms with E-state index >= 15 is 0 Å². The average Bonchev–Trinajstić information content (AvgIpc) is 2.75. The van der Waals surface area contributed by atoms with Crippen molar-refractivity contribution in [3.05, 3.63) is 41.7 Å². The molecule has 0 atom stereocenters. The zero-order valence-electron chi connectivity index (χ0n) is 9.21. The van der Waals surface area contributed by atoms with Gasteiger partial charge in [-0.3, -0.25) is 0 Å². The topological polar surface area (TPSA) is 52.8 Å². The standard InChI is InChI=1S/C11H14N4O/c1-2-16-9-11-12-13-14-15(11)8-10-6-4-3-5-7-10/h3-7H,2,8-9H2,1H3. The Labute approximate surface area is 94.0 Å². The Morgan fingerprint density at radius 3 is 2.81 bits per heavy atom. The van der Waals surface area contributed by atoms with Crippen LogP contribution >= 0.6 is 0 Å². The highest BCUT2D eigenvalue weighted by molar-refractivity contribution is 5.14. The summed E-state index contributed by atoms with van der Waals surface area (Å²) in [4.78, 5) is 0. The number of rotatable bonds is 5. The van der Waals surface area contributed by atoms with Gasteiger partial charge in [-0.05, 0) is 22.9 Å². The van der Waals surface area contributed by atoms with Gasteiger partial charge in [0.25, 0.3) is 0 Å². The first-order chi connectivity index (χ1) is 7.90. The molecule has 0 aliphatic rings. The molecule has 16 heavy (non-hydrogen) atoms. The molecule has 0 saturated carbocycles. The molecular formula is C11H14N4O. The summed E-state index contributed by atoms with van der Waals surface area (Å²) < 4.78 is 7.05. The summed E-state index contributed by atoms with van der Waals surface area (Å²) in [5.74, 6) is 0.755. The van der Waals surface area contributed by atoms with Gasteiger partial charge < -0.3 is 4.74 Å². The second-order valence-corrected chi connectivity index (χ2v) is 3.38. The van der Waals surface area contributed by atoms with Crippen molar-refractivity contribution >= 4 is 0 Å². The lowest BCUT2D eigenvalue weighted by atomic mass is 10.2. The second kappa shape index (κ2) is 5.37. The molecule has 0 spiro atoms. The summed E-state index contributed by atoms with van der Waals surface area (Å²) >= 11 is 0. The van der Waals surface area contributed by atoms with Crippen LogP contribution in [0.2, 0.25) is 0 Å². The molecule has 0 aliphatic carbocycles. The lowest BCUT2D eigenvalue weighted by Gasteiger charge is -2.04. The van der Waals surface area contributed by atoms with Gasteiger partial charge in [0.2, 0.25) is 0 Å². The first kappa shape index (κ1) is 10.8. The molecule has 0 saturated heterocycles. The summed E-state index contributed by atoms with van der Waals surface area (Å²) in [7, 11) is 0. The van der Waals surface area contributed by atoms with Crippen LogP contribution in [-0.2, 0) is 17.9 Å². The third kappa shape index (κ3) is 2.64. The number of nitrogens with zero attached hydrogens (tertiary/aromatic N) is 4. The quantitative estimate of drug-likeness (QED) is 0.758. The maximum Gasteiger partial charge on any atom is 0.177 e. The maximum absolute atomic E-state index is 5.29. The number of tetrazole rings is 1. The highest BCUT2D eigenvalue weighted by atomic mass is 16.5. The van der Waals surface area contributed by atoms with Crippen molar-refractivity contribution in [2.24, 2.45) is 0 Å². The minimum absolute atomic E-state index is 0.455. The van der Waals surface area contributed by atoms with Crippen LogP contribution in [-0.4, -0.2) is 26.8 Å². The SMILES string of the molecule is CCOCc1nnnn1Cc1ccccc1. The first-order valence-corrected chi connectivity index (χ1v) is 5.27. The van der Waals surface area contributed by atoms with Crippen LogP contribution in [0.1, 0.15) is 18.3 Å². The van der Waals surface area contributed by atoms with Gasteiger partial charge in [-0.15, -0.1) is 5.10 Å². The smallest absolute Gasteiger partial charge is 0.177 e. The van der Waals surface area contributed by atoms with Crippen molar-refractivity contribution in [1.29, 1.82) is 0 Å². The molecule has 5 heteroatoms. The number of hydrogen-bond acceptors (Lipinski definition) is 4. The van der Waals surface area contributed by atoms with E-state index in [4.69, 9.17) is 4.74 Å². The monoisotopic (exact) mass is 218 g/mol. The van der Waals surface area contributed by atoms with Crippen molar-refractivity contribution < 1.29 is 4.74 Å². The van der Waals surface area contributed by atoms with E-state index in [1.165, 1.54) is 5.56 Å². The third-order valence-corrected chi connectivity index (χ3v) is 2.22. The number of ether oxygens (including phenoxy) is 1. The van der Waals surface area contributed by atoms with Gasteiger partial charge >= 0.3 is 0 Å². The molecular weight excluding hydrogens is 204 g/mol. The normalized spacial score (nSPS) is 10.6. The fraction of sp³-hybridized carbons (Fsp3) is 0.364. The summed E-state index contributed by atoms with van der Waals surface area (Å²) in [6.07, 6.45) is 0. The van der Waals surface area contributed by atoms with Crippen LogP contribution in [0, 0.1) is 0 Å². The van der Waals surface area contributed by atoms with E-state index in [1.807, 2.05) is 37.3 Å². The highest BCUT2D eigenvalue weighted by Crippen LogP contribution is 2.03. The Morgan fingerprint density at radius 1 is 1.25 bits per heavy atom. The summed E-state index contributed by atoms with van der Waals surface area (Å²) in [6.45, 7) is 3.75. The third-order valence-electron chi connectivity index (χ3n) is 2.22. The van der Waals surface area contributed by atoms with Crippen LogP contribution < -0.4 is 0 Å². The van der Waals surface area contributed by atoms with Gasteiger partial charge in [-0.25, -0.2) is 4.68 Å². The van der Waals surface area contributed by atoms with Crippen molar-refractivity contribution in [1.82, 2.24) is 20.2 Å². The lowest BCUT2D eigenvalue weighted by molar-refractivity contribution is 0.125. The highest BCUT2D eigenvalue weighted by Gasteiger charge is 2.05. The van der Waals surface area contributed by atoms with Gasteiger partial charge in [-0.1, -0.05) is 30.3 Å². The van der Waals surface area contributed by atoms with E-state index in [0.29, 0.717) is 19.8 Å². The van der Waals surface area contributed by atoms with Crippen LogP contribution in [0.15, 0.2) is 30.3 Å². The van der Waals surface area contributed by atoms with Gasteiger partial charge in [0.05, 0.1) is 6.54 Å². The van der Waals surface area contributed by atoms with Gasteiger partial charge in [0.15, 0.2) is 5.82 Å². The molecule has 0 bridgehead atoms. The van der Waals surface area contributed by atoms with Crippen LogP contribution in [0.25, 0.3) is 0 Å². The predicted molar refractivity (Wildman–Crippen MR) is 58.7 cm³/mol. The Hall–Kier alpha value is -1.75. The molecule has 1 heterocycles. The van der Waals surface area contributed by atoms with Crippen LogP contribution in [0.4, 0.5) is 0 Å². The van der Waals surface area contributed by atoms with Crippen molar-refractivity contribution in [2.75, 3.05) is 6.61 Å². The second-order valence-electron chi connectivity index (χ2n) is 3.38. The van der Waals surface area contributed by atoms with E-state index in [-0.39, 0.29) is 0 Å². The largest absolute Gasteiger partial charge is 0.374 e. The molecule has 0 fully saturated rings. The lowest BCUT2D eigenvalue weighted by Crippen LogP contribution is -2.08. The van der Waals surface area contributed by atoms with Crippen molar-refractivity contribution in [2.45, 2.75) is 20.1 Å². The molecule has 0 radical (unpaired) electrons. The van der Waals surface area contributed by atoms with E-state index in [9.17, 15) is 0 Å². The summed E-state index contributed by atoms with van der Waals surface area (Å²) in [6, 6.07) is 10.1. The summed E-state index contributed by atoms with van der Waals surface area (Å²) in [5, 5.41) is 11.5.